The van der Waals surface area contributed by atoms with Crippen LogP contribution < -0.4 is 10.6 Å². The van der Waals surface area contributed by atoms with E-state index < -0.39 is 6.04 Å². The van der Waals surface area contributed by atoms with E-state index in [1.54, 1.807) is 7.05 Å². The molecule has 1 unspecified atom stereocenters. The van der Waals surface area contributed by atoms with E-state index in [1.165, 1.54) is 0 Å². The third kappa shape index (κ3) is 5.21. The molecule has 2 amide bonds. The molecule has 5 heteroatoms. The average Bonchev–Trinajstić information content (AvgIpc) is 2.14. The first-order valence-electron chi connectivity index (χ1n) is 4.58. The highest BCUT2D eigenvalue weighted by Crippen LogP contribution is 2.04. The number of likely N-dealkylation sites (N-methyl/N-ethyl adjacent to an activating group) is 1. The molecule has 0 radical (unpaired) electrons. The van der Waals surface area contributed by atoms with Crippen LogP contribution in [0.4, 0.5) is 0 Å². The van der Waals surface area contributed by atoms with E-state index in [4.69, 9.17) is 0 Å². The molecule has 0 saturated carbocycles. The summed E-state index contributed by atoms with van der Waals surface area (Å²) in [5.74, 6) is 0.0557. The van der Waals surface area contributed by atoms with Gasteiger partial charge < -0.3 is 10.6 Å². The molecule has 4 nitrogen and oxygen atoms in total. The summed E-state index contributed by atoms with van der Waals surface area (Å²) in [7, 11) is 1.57. The Labute approximate surface area is 92.9 Å². The van der Waals surface area contributed by atoms with Crippen LogP contribution >= 0.6 is 15.9 Å². The molecule has 0 aromatic carbocycles. The van der Waals surface area contributed by atoms with Crippen molar-refractivity contribution in [1.82, 2.24) is 10.6 Å². The monoisotopic (exact) mass is 264 g/mol. The first kappa shape index (κ1) is 13.4. The third-order valence-corrected chi connectivity index (χ3v) is 2.24. The van der Waals surface area contributed by atoms with E-state index in [9.17, 15) is 9.59 Å². The molecule has 0 rings (SSSR count). The van der Waals surface area contributed by atoms with Crippen LogP contribution in [0.1, 0.15) is 20.3 Å². The van der Waals surface area contributed by atoms with Crippen LogP contribution in [0, 0.1) is 5.92 Å². The molecule has 14 heavy (non-hydrogen) atoms. The van der Waals surface area contributed by atoms with E-state index in [2.05, 4.69) is 26.6 Å². The van der Waals surface area contributed by atoms with Gasteiger partial charge >= 0.3 is 0 Å². The smallest absolute Gasteiger partial charge is 0.242 e. The minimum atomic E-state index is -0.426. The lowest BCUT2D eigenvalue weighted by atomic mass is 10.0. The van der Waals surface area contributed by atoms with Gasteiger partial charge in [0.2, 0.25) is 11.8 Å². The van der Waals surface area contributed by atoms with Crippen LogP contribution in [0.25, 0.3) is 0 Å². The summed E-state index contributed by atoms with van der Waals surface area (Å²) in [6, 6.07) is -0.426. The first-order chi connectivity index (χ1) is 6.51. The quantitative estimate of drug-likeness (QED) is 0.717. The number of alkyl halides is 1. The predicted octanol–water partition coefficient (Wildman–Crippen LogP) is 0.658. The molecule has 82 valence electrons. The Morgan fingerprint density at radius 2 is 1.93 bits per heavy atom. The Kier molecular flexibility index (Phi) is 6.53. The Hall–Kier alpha value is -0.580. The molecular formula is C9H17BrN2O2. The fourth-order valence-corrected chi connectivity index (χ4v) is 1.27. The van der Waals surface area contributed by atoms with Gasteiger partial charge in [-0.2, -0.15) is 0 Å². The number of carbonyl (C=O) groups is 2. The Morgan fingerprint density at radius 3 is 2.29 bits per heavy atom. The number of nitrogens with one attached hydrogen (secondary N) is 2. The number of rotatable bonds is 5. The highest BCUT2D eigenvalue weighted by molar-refractivity contribution is 9.09. The van der Waals surface area contributed by atoms with Crippen molar-refractivity contribution in [3.63, 3.8) is 0 Å². The van der Waals surface area contributed by atoms with Crippen molar-refractivity contribution in [3.8, 4) is 0 Å². The van der Waals surface area contributed by atoms with Gasteiger partial charge in [-0.15, -0.1) is 0 Å². The molecule has 0 aromatic rings. The average molecular weight is 265 g/mol. The standard InChI is InChI=1S/C9H17BrN2O2/c1-6(2)4-7(9(14)11-3)12-8(13)5-10/h6-7H,4-5H2,1-3H3,(H,11,14)(H,12,13). The summed E-state index contributed by atoms with van der Waals surface area (Å²) in [6.07, 6.45) is 0.651. The molecule has 0 aliphatic carbocycles. The maximum absolute atomic E-state index is 11.4. The summed E-state index contributed by atoms with van der Waals surface area (Å²) in [5, 5.41) is 5.40. The second kappa shape index (κ2) is 6.81. The second-order valence-corrected chi connectivity index (χ2v) is 4.06. The summed E-state index contributed by atoms with van der Waals surface area (Å²) in [4.78, 5) is 22.4. The lowest BCUT2D eigenvalue weighted by Crippen LogP contribution is -2.46. The molecule has 0 aromatic heterocycles. The summed E-state index contributed by atoms with van der Waals surface area (Å²) in [6.45, 7) is 4.02. The van der Waals surface area contributed by atoms with Crippen molar-refractivity contribution in [2.45, 2.75) is 26.3 Å². The van der Waals surface area contributed by atoms with Crippen LogP contribution in [0.3, 0.4) is 0 Å². The summed E-state index contributed by atoms with van der Waals surface area (Å²) >= 11 is 3.04. The molecule has 2 N–H and O–H groups in total. The fraction of sp³-hybridized carbons (Fsp3) is 0.778. The van der Waals surface area contributed by atoms with E-state index >= 15 is 0 Å². The van der Waals surface area contributed by atoms with E-state index in [1.807, 2.05) is 13.8 Å². The maximum Gasteiger partial charge on any atom is 0.242 e. The van der Waals surface area contributed by atoms with Crippen molar-refractivity contribution in [2.24, 2.45) is 5.92 Å². The van der Waals surface area contributed by atoms with Gasteiger partial charge in [-0.1, -0.05) is 29.8 Å². The molecule has 0 bridgehead atoms. The van der Waals surface area contributed by atoms with Crippen LogP contribution in [0.15, 0.2) is 0 Å². The zero-order valence-electron chi connectivity index (χ0n) is 8.76. The molecule has 0 aliphatic heterocycles. The molecule has 0 saturated heterocycles. The largest absolute Gasteiger partial charge is 0.357 e. The molecule has 0 spiro atoms. The van der Waals surface area contributed by atoms with Gasteiger partial charge in [-0.25, -0.2) is 0 Å². The fourth-order valence-electron chi connectivity index (χ4n) is 1.11. The van der Waals surface area contributed by atoms with Crippen LogP contribution in [0.5, 0.6) is 0 Å². The van der Waals surface area contributed by atoms with Crippen molar-refractivity contribution in [3.05, 3.63) is 0 Å². The predicted molar refractivity (Wildman–Crippen MR) is 59.2 cm³/mol. The summed E-state index contributed by atoms with van der Waals surface area (Å²) < 4.78 is 0. The van der Waals surface area contributed by atoms with Crippen molar-refractivity contribution >= 4 is 27.7 Å². The van der Waals surface area contributed by atoms with Gasteiger partial charge in [0.05, 0.1) is 5.33 Å². The Morgan fingerprint density at radius 1 is 1.36 bits per heavy atom. The van der Waals surface area contributed by atoms with Crippen molar-refractivity contribution < 1.29 is 9.59 Å². The van der Waals surface area contributed by atoms with E-state index in [-0.39, 0.29) is 17.1 Å². The van der Waals surface area contributed by atoms with Crippen molar-refractivity contribution in [2.75, 3.05) is 12.4 Å². The molecule has 0 heterocycles. The van der Waals surface area contributed by atoms with Crippen LogP contribution in [-0.4, -0.2) is 30.2 Å². The number of amides is 2. The van der Waals surface area contributed by atoms with Gasteiger partial charge in [0.1, 0.15) is 6.04 Å². The van der Waals surface area contributed by atoms with Gasteiger partial charge in [-0.05, 0) is 12.3 Å². The highest BCUT2D eigenvalue weighted by atomic mass is 79.9. The molecule has 0 aliphatic rings. The Bertz CT molecular complexity index is 207. The number of hydrogen-bond donors (Lipinski definition) is 2. The zero-order chi connectivity index (χ0) is 11.1. The zero-order valence-corrected chi connectivity index (χ0v) is 10.3. The molecule has 0 fully saturated rings. The van der Waals surface area contributed by atoms with Gasteiger partial charge in [-0.3, -0.25) is 9.59 Å². The first-order valence-corrected chi connectivity index (χ1v) is 5.70. The van der Waals surface area contributed by atoms with Crippen molar-refractivity contribution in [1.29, 1.82) is 0 Å². The minimum absolute atomic E-state index is 0.145. The lowest BCUT2D eigenvalue weighted by molar-refractivity contribution is -0.127. The SMILES string of the molecule is CNC(=O)C(CC(C)C)NC(=O)CBr. The third-order valence-electron chi connectivity index (χ3n) is 1.73. The number of carbonyl (C=O) groups excluding carboxylic acids is 2. The van der Waals surface area contributed by atoms with E-state index in [0.717, 1.165) is 0 Å². The number of halogens is 1. The maximum atomic E-state index is 11.4. The number of hydrogen-bond acceptors (Lipinski definition) is 2. The van der Waals surface area contributed by atoms with E-state index in [0.29, 0.717) is 12.3 Å². The van der Waals surface area contributed by atoms with Gasteiger partial charge in [0.15, 0.2) is 0 Å². The Balaban J connectivity index is 4.24. The van der Waals surface area contributed by atoms with Crippen LogP contribution in [-0.2, 0) is 9.59 Å². The van der Waals surface area contributed by atoms with Crippen LogP contribution in [0.2, 0.25) is 0 Å². The summed E-state index contributed by atoms with van der Waals surface area (Å²) in [5.41, 5.74) is 0. The second-order valence-electron chi connectivity index (χ2n) is 3.50. The minimum Gasteiger partial charge on any atom is -0.357 e. The van der Waals surface area contributed by atoms with Gasteiger partial charge in [0.25, 0.3) is 0 Å². The normalized spacial score (nSPS) is 12.4. The molecular weight excluding hydrogens is 248 g/mol. The highest BCUT2D eigenvalue weighted by Gasteiger charge is 2.19. The topological polar surface area (TPSA) is 58.2 Å². The van der Waals surface area contributed by atoms with Gasteiger partial charge in [0, 0.05) is 7.05 Å². The lowest BCUT2D eigenvalue weighted by Gasteiger charge is -2.18. The molecule has 1 atom stereocenters.